The van der Waals surface area contributed by atoms with Gasteiger partial charge in [0, 0.05) is 5.69 Å². The van der Waals surface area contributed by atoms with Gasteiger partial charge >= 0.3 is 0 Å². The predicted octanol–water partition coefficient (Wildman–Crippen LogP) is 2.19. The molecule has 0 aliphatic heterocycles. The van der Waals surface area contributed by atoms with E-state index in [1.807, 2.05) is 24.3 Å². The zero-order valence-corrected chi connectivity index (χ0v) is 9.15. The molecule has 0 atom stereocenters. The van der Waals surface area contributed by atoms with E-state index in [9.17, 15) is 0 Å². The summed E-state index contributed by atoms with van der Waals surface area (Å²) in [5.41, 5.74) is 7.72. The van der Waals surface area contributed by atoms with Gasteiger partial charge in [-0.15, -0.1) is 0 Å². The number of hydrogen-bond acceptors (Lipinski definition) is 3. The van der Waals surface area contributed by atoms with E-state index in [-0.39, 0.29) is 0 Å². The van der Waals surface area contributed by atoms with E-state index >= 15 is 0 Å². The van der Waals surface area contributed by atoms with Crippen LogP contribution in [0.4, 0.5) is 5.69 Å². The highest BCUT2D eigenvalue weighted by molar-refractivity contribution is 5.39. The SMILES string of the molecule is Nc1ccc(CCNCc2ccco2)cc1. The minimum atomic E-state index is 0.780. The van der Waals surface area contributed by atoms with Crippen molar-refractivity contribution in [1.29, 1.82) is 0 Å². The fourth-order valence-corrected chi connectivity index (χ4v) is 1.54. The van der Waals surface area contributed by atoms with E-state index < -0.39 is 0 Å². The number of nitrogens with one attached hydrogen (secondary N) is 1. The minimum absolute atomic E-state index is 0.780. The molecule has 3 N–H and O–H groups in total. The Kier molecular flexibility index (Phi) is 3.62. The molecular formula is C13H16N2O. The van der Waals surface area contributed by atoms with E-state index in [0.29, 0.717) is 0 Å². The Labute approximate surface area is 95.3 Å². The third kappa shape index (κ3) is 3.14. The summed E-state index contributed by atoms with van der Waals surface area (Å²) in [6.07, 6.45) is 2.69. The van der Waals surface area contributed by atoms with Gasteiger partial charge in [-0.3, -0.25) is 0 Å². The second kappa shape index (κ2) is 5.37. The van der Waals surface area contributed by atoms with Gasteiger partial charge in [0.15, 0.2) is 0 Å². The molecule has 2 rings (SSSR count). The second-order valence-electron chi connectivity index (χ2n) is 3.75. The fourth-order valence-electron chi connectivity index (χ4n) is 1.54. The van der Waals surface area contributed by atoms with Gasteiger partial charge in [-0.1, -0.05) is 12.1 Å². The monoisotopic (exact) mass is 216 g/mol. The predicted molar refractivity (Wildman–Crippen MR) is 65.0 cm³/mol. The summed E-state index contributed by atoms with van der Waals surface area (Å²) in [6, 6.07) is 11.9. The van der Waals surface area contributed by atoms with Gasteiger partial charge < -0.3 is 15.5 Å². The fraction of sp³-hybridized carbons (Fsp3) is 0.231. The van der Waals surface area contributed by atoms with Crippen molar-refractivity contribution in [3.63, 3.8) is 0 Å². The van der Waals surface area contributed by atoms with Crippen LogP contribution in [0.15, 0.2) is 47.1 Å². The maximum atomic E-state index is 5.62. The lowest BCUT2D eigenvalue weighted by atomic mass is 10.1. The lowest BCUT2D eigenvalue weighted by Gasteiger charge is -2.03. The first-order valence-electron chi connectivity index (χ1n) is 5.42. The Morgan fingerprint density at radius 2 is 1.94 bits per heavy atom. The maximum absolute atomic E-state index is 5.62. The second-order valence-corrected chi connectivity index (χ2v) is 3.75. The van der Waals surface area contributed by atoms with Crippen LogP contribution in [0.5, 0.6) is 0 Å². The summed E-state index contributed by atoms with van der Waals surface area (Å²) in [5, 5.41) is 3.33. The van der Waals surface area contributed by atoms with E-state index in [4.69, 9.17) is 10.2 Å². The molecule has 16 heavy (non-hydrogen) atoms. The topological polar surface area (TPSA) is 51.2 Å². The summed E-state index contributed by atoms with van der Waals surface area (Å²) >= 11 is 0. The summed E-state index contributed by atoms with van der Waals surface area (Å²) in [5.74, 6) is 0.970. The average Bonchev–Trinajstić information content (AvgIpc) is 2.80. The van der Waals surface area contributed by atoms with Crippen molar-refractivity contribution >= 4 is 5.69 Å². The first kappa shape index (κ1) is 10.8. The number of hydrogen-bond donors (Lipinski definition) is 2. The molecule has 0 amide bonds. The molecule has 0 unspecified atom stereocenters. The molecular weight excluding hydrogens is 200 g/mol. The van der Waals surface area contributed by atoms with E-state index in [1.165, 1.54) is 5.56 Å². The standard InChI is InChI=1S/C13H16N2O/c14-12-5-3-11(4-6-12)7-8-15-10-13-2-1-9-16-13/h1-6,9,15H,7-8,10,14H2. The lowest BCUT2D eigenvalue weighted by molar-refractivity contribution is 0.484. The Morgan fingerprint density at radius 3 is 2.62 bits per heavy atom. The molecule has 0 radical (unpaired) electrons. The lowest BCUT2D eigenvalue weighted by Crippen LogP contribution is -2.16. The molecule has 1 aromatic heterocycles. The van der Waals surface area contributed by atoms with Crippen molar-refractivity contribution in [2.75, 3.05) is 12.3 Å². The number of benzene rings is 1. The van der Waals surface area contributed by atoms with Crippen molar-refractivity contribution in [3.8, 4) is 0 Å². The zero-order chi connectivity index (χ0) is 11.2. The molecule has 0 saturated carbocycles. The van der Waals surface area contributed by atoms with Gasteiger partial charge in [0.2, 0.25) is 0 Å². The van der Waals surface area contributed by atoms with Gasteiger partial charge in [0.1, 0.15) is 5.76 Å². The third-order valence-corrected chi connectivity index (χ3v) is 2.45. The van der Waals surface area contributed by atoms with Gasteiger partial charge in [-0.25, -0.2) is 0 Å². The molecule has 2 aromatic rings. The molecule has 3 heteroatoms. The Balaban J connectivity index is 1.70. The van der Waals surface area contributed by atoms with Crippen LogP contribution in [0.3, 0.4) is 0 Å². The van der Waals surface area contributed by atoms with Gasteiger partial charge in [-0.05, 0) is 42.8 Å². The van der Waals surface area contributed by atoms with Crippen LogP contribution in [0.25, 0.3) is 0 Å². The normalized spacial score (nSPS) is 10.5. The van der Waals surface area contributed by atoms with Crippen LogP contribution in [0.1, 0.15) is 11.3 Å². The van der Waals surface area contributed by atoms with E-state index in [1.54, 1.807) is 6.26 Å². The van der Waals surface area contributed by atoms with Crippen molar-refractivity contribution in [3.05, 3.63) is 54.0 Å². The molecule has 0 spiro atoms. The number of nitrogens with two attached hydrogens (primary N) is 1. The number of furan rings is 1. The number of nitrogen functional groups attached to an aromatic ring is 1. The largest absolute Gasteiger partial charge is 0.468 e. The smallest absolute Gasteiger partial charge is 0.117 e. The van der Waals surface area contributed by atoms with Crippen LogP contribution in [-0.2, 0) is 13.0 Å². The molecule has 1 aromatic carbocycles. The van der Waals surface area contributed by atoms with Gasteiger partial charge in [-0.2, -0.15) is 0 Å². The van der Waals surface area contributed by atoms with Crippen molar-refractivity contribution in [2.45, 2.75) is 13.0 Å². The van der Waals surface area contributed by atoms with Crippen molar-refractivity contribution in [1.82, 2.24) is 5.32 Å². The summed E-state index contributed by atoms with van der Waals surface area (Å²) in [7, 11) is 0. The molecule has 0 aliphatic carbocycles. The first-order valence-corrected chi connectivity index (χ1v) is 5.42. The van der Waals surface area contributed by atoms with Gasteiger partial charge in [0.05, 0.1) is 12.8 Å². The zero-order valence-electron chi connectivity index (χ0n) is 9.15. The average molecular weight is 216 g/mol. The van der Waals surface area contributed by atoms with Crippen LogP contribution in [0, 0.1) is 0 Å². The van der Waals surface area contributed by atoms with Crippen LogP contribution in [0.2, 0.25) is 0 Å². The van der Waals surface area contributed by atoms with E-state index in [0.717, 1.165) is 31.0 Å². The highest BCUT2D eigenvalue weighted by Gasteiger charge is 1.95. The number of anilines is 1. The van der Waals surface area contributed by atoms with Crippen molar-refractivity contribution < 1.29 is 4.42 Å². The van der Waals surface area contributed by atoms with Crippen molar-refractivity contribution in [2.24, 2.45) is 0 Å². The Bertz CT molecular complexity index is 406. The molecule has 0 aliphatic rings. The molecule has 0 fully saturated rings. The third-order valence-electron chi connectivity index (χ3n) is 2.45. The molecule has 3 nitrogen and oxygen atoms in total. The quantitative estimate of drug-likeness (QED) is 0.595. The summed E-state index contributed by atoms with van der Waals surface area (Å²) < 4.78 is 5.22. The van der Waals surface area contributed by atoms with Crippen LogP contribution < -0.4 is 11.1 Å². The minimum Gasteiger partial charge on any atom is -0.468 e. The highest BCUT2D eigenvalue weighted by Crippen LogP contribution is 2.05. The van der Waals surface area contributed by atoms with Gasteiger partial charge in [0.25, 0.3) is 0 Å². The Morgan fingerprint density at radius 1 is 1.12 bits per heavy atom. The molecule has 84 valence electrons. The summed E-state index contributed by atoms with van der Waals surface area (Å²) in [6.45, 7) is 1.71. The van der Waals surface area contributed by atoms with Crippen LogP contribution in [-0.4, -0.2) is 6.54 Å². The molecule has 0 bridgehead atoms. The number of rotatable bonds is 5. The molecule has 1 heterocycles. The Hall–Kier alpha value is -1.74. The maximum Gasteiger partial charge on any atom is 0.117 e. The summed E-state index contributed by atoms with van der Waals surface area (Å²) in [4.78, 5) is 0. The first-order chi connectivity index (χ1) is 7.84. The van der Waals surface area contributed by atoms with Crippen LogP contribution >= 0.6 is 0 Å². The molecule has 0 saturated heterocycles. The highest BCUT2D eigenvalue weighted by atomic mass is 16.3. The van der Waals surface area contributed by atoms with E-state index in [2.05, 4.69) is 17.4 Å².